The second-order valence-electron chi connectivity index (χ2n) is 5.20. The minimum Gasteiger partial charge on any atom is -0.396 e. The van der Waals surface area contributed by atoms with Gasteiger partial charge in [-0.05, 0) is 35.3 Å². The van der Waals surface area contributed by atoms with E-state index in [1.807, 2.05) is 11.4 Å². The molecule has 1 aromatic heterocycles. The maximum atomic E-state index is 12.2. The summed E-state index contributed by atoms with van der Waals surface area (Å²) >= 11 is 1.48. The molecule has 0 aromatic carbocycles. The highest BCUT2D eigenvalue weighted by atomic mass is 32.1. The summed E-state index contributed by atoms with van der Waals surface area (Å²) in [6, 6.07) is 2.05. The topological polar surface area (TPSA) is 49.3 Å². The number of nitrogens with one attached hydrogen (secondary N) is 1. The standard InChI is InChI=1S/C14H23NO2S/c1-9(2)11-6-8-18-13(11)14(17)15-12(5-7-16)10(3)4/h6,8-10,12,16H,5,7H2,1-4H3,(H,15,17). The predicted molar refractivity (Wildman–Crippen MR) is 76.2 cm³/mol. The van der Waals surface area contributed by atoms with Gasteiger partial charge in [-0.25, -0.2) is 0 Å². The molecular weight excluding hydrogens is 246 g/mol. The van der Waals surface area contributed by atoms with Crippen LogP contribution in [0.2, 0.25) is 0 Å². The number of thiophene rings is 1. The second kappa shape index (κ2) is 6.90. The van der Waals surface area contributed by atoms with Gasteiger partial charge in [-0.2, -0.15) is 0 Å². The van der Waals surface area contributed by atoms with Gasteiger partial charge in [0.1, 0.15) is 0 Å². The molecular formula is C14H23NO2S. The Hall–Kier alpha value is -0.870. The molecule has 1 atom stereocenters. The second-order valence-corrected chi connectivity index (χ2v) is 6.11. The van der Waals surface area contributed by atoms with Crippen LogP contribution in [-0.2, 0) is 0 Å². The third kappa shape index (κ3) is 3.82. The molecule has 0 saturated carbocycles. The molecule has 2 N–H and O–H groups in total. The normalized spacial score (nSPS) is 13.1. The summed E-state index contributed by atoms with van der Waals surface area (Å²) in [4.78, 5) is 13.0. The molecule has 0 fully saturated rings. The van der Waals surface area contributed by atoms with Gasteiger partial charge < -0.3 is 10.4 Å². The molecule has 1 rings (SSSR count). The Labute approximate surface area is 113 Å². The molecule has 0 aliphatic heterocycles. The summed E-state index contributed by atoms with van der Waals surface area (Å²) in [5.74, 6) is 0.664. The van der Waals surface area contributed by atoms with Crippen LogP contribution in [0.25, 0.3) is 0 Å². The monoisotopic (exact) mass is 269 g/mol. The van der Waals surface area contributed by atoms with E-state index in [1.165, 1.54) is 11.3 Å². The first kappa shape index (κ1) is 15.2. The van der Waals surface area contributed by atoms with Gasteiger partial charge in [0.25, 0.3) is 5.91 Å². The smallest absolute Gasteiger partial charge is 0.261 e. The highest BCUT2D eigenvalue weighted by molar-refractivity contribution is 7.12. The highest BCUT2D eigenvalue weighted by Crippen LogP contribution is 2.24. The van der Waals surface area contributed by atoms with Crippen molar-refractivity contribution in [1.29, 1.82) is 0 Å². The molecule has 102 valence electrons. The Balaban J connectivity index is 2.77. The van der Waals surface area contributed by atoms with Crippen LogP contribution >= 0.6 is 11.3 Å². The number of aliphatic hydroxyl groups excluding tert-OH is 1. The molecule has 0 aliphatic carbocycles. The van der Waals surface area contributed by atoms with Crippen molar-refractivity contribution in [3.05, 3.63) is 21.9 Å². The third-order valence-corrected chi connectivity index (χ3v) is 4.01. The largest absolute Gasteiger partial charge is 0.396 e. The lowest BCUT2D eigenvalue weighted by molar-refractivity contribution is 0.0919. The summed E-state index contributed by atoms with van der Waals surface area (Å²) in [7, 11) is 0. The summed E-state index contributed by atoms with van der Waals surface area (Å²) < 4.78 is 0. The van der Waals surface area contributed by atoms with Gasteiger partial charge in [0, 0.05) is 12.6 Å². The number of amides is 1. The summed E-state index contributed by atoms with van der Waals surface area (Å²) in [6.45, 7) is 8.39. The zero-order chi connectivity index (χ0) is 13.7. The molecule has 0 aliphatic rings. The SMILES string of the molecule is CC(C)c1ccsc1C(=O)NC(CCO)C(C)C. The number of rotatable bonds is 6. The fourth-order valence-corrected chi connectivity index (χ4v) is 2.86. The fraction of sp³-hybridized carbons (Fsp3) is 0.643. The summed E-state index contributed by atoms with van der Waals surface area (Å²) in [5, 5.41) is 14.0. The Kier molecular flexibility index (Phi) is 5.82. The number of carbonyl (C=O) groups is 1. The van der Waals surface area contributed by atoms with Crippen molar-refractivity contribution < 1.29 is 9.90 Å². The molecule has 1 unspecified atom stereocenters. The van der Waals surface area contributed by atoms with Crippen LogP contribution in [0, 0.1) is 5.92 Å². The van der Waals surface area contributed by atoms with Gasteiger partial charge in [-0.15, -0.1) is 11.3 Å². The molecule has 0 spiro atoms. The van der Waals surface area contributed by atoms with Crippen LogP contribution in [0.4, 0.5) is 0 Å². The van der Waals surface area contributed by atoms with Crippen LogP contribution in [-0.4, -0.2) is 23.7 Å². The molecule has 0 radical (unpaired) electrons. The molecule has 0 bridgehead atoms. The van der Waals surface area contributed by atoms with E-state index in [0.29, 0.717) is 18.3 Å². The average molecular weight is 269 g/mol. The molecule has 1 heterocycles. The lowest BCUT2D eigenvalue weighted by atomic mass is 10.00. The van der Waals surface area contributed by atoms with Gasteiger partial charge in [0.15, 0.2) is 0 Å². The molecule has 1 aromatic rings. The van der Waals surface area contributed by atoms with E-state index in [2.05, 4.69) is 33.0 Å². The highest BCUT2D eigenvalue weighted by Gasteiger charge is 2.20. The van der Waals surface area contributed by atoms with Crippen molar-refractivity contribution >= 4 is 17.2 Å². The molecule has 0 saturated heterocycles. The number of aliphatic hydroxyl groups is 1. The predicted octanol–water partition coefficient (Wildman–Crippen LogP) is 3.01. The van der Waals surface area contributed by atoms with Crippen molar-refractivity contribution in [3.63, 3.8) is 0 Å². The van der Waals surface area contributed by atoms with Gasteiger partial charge in [0.05, 0.1) is 4.88 Å². The average Bonchev–Trinajstić information content (AvgIpc) is 2.77. The maximum absolute atomic E-state index is 12.2. The van der Waals surface area contributed by atoms with Gasteiger partial charge in [0.2, 0.25) is 0 Å². The van der Waals surface area contributed by atoms with Crippen molar-refractivity contribution in [3.8, 4) is 0 Å². The van der Waals surface area contributed by atoms with Crippen LogP contribution in [0.15, 0.2) is 11.4 Å². The van der Waals surface area contributed by atoms with Gasteiger partial charge in [-0.3, -0.25) is 4.79 Å². The first-order valence-electron chi connectivity index (χ1n) is 6.46. The quantitative estimate of drug-likeness (QED) is 0.834. The first-order chi connectivity index (χ1) is 8.47. The van der Waals surface area contributed by atoms with Crippen LogP contribution in [0.3, 0.4) is 0 Å². The first-order valence-corrected chi connectivity index (χ1v) is 7.34. The third-order valence-electron chi connectivity index (χ3n) is 3.09. The Bertz CT molecular complexity index is 385. The zero-order valence-electron chi connectivity index (χ0n) is 11.6. The van der Waals surface area contributed by atoms with Crippen molar-refractivity contribution in [2.24, 2.45) is 5.92 Å². The molecule has 18 heavy (non-hydrogen) atoms. The van der Waals surface area contributed by atoms with E-state index >= 15 is 0 Å². The van der Waals surface area contributed by atoms with Crippen LogP contribution in [0.1, 0.15) is 55.3 Å². The van der Waals surface area contributed by atoms with Crippen LogP contribution in [0.5, 0.6) is 0 Å². The van der Waals surface area contributed by atoms with E-state index in [0.717, 1.165) is 10.4 Å². The van der Waals surface area contributed by atoms with Gasteiger partial charge in [-0.1, -0.05) is 27.7 Å². The number of carbonyl (C=O) groups excluding carboxylic acids is 1. The molecule has 4 heteroatoms. The Morgan fingerprint density at radius 2 is 2.06 bits per heavy atom. The Morgan fingerprint density at radius 1 is 1.39 bits per heavy atom. The lowest BCUT2D eigenvalue weighted by Crippen LogP contribution is -2.39. The van der Waals surface area contributed by atoms with E-state index < -0.39 is 0 Å². The fourth-order valence-electron chi connectivity index (χ4n) is 1.90. The number of hydrogen-bond donors (Lipinski definition) is 2. The van der Waals surface area contributed by atoms with E-state index in [4.69, 9.17) is 5.11 Å². The number of hydrogen-bond acceptors (Lipinski definition) is 3. The summed E-state index contributed by atoms with van der Waals surface area (Å²) in [6.07, 6.45) is 0.603. The zero-order valence-corrected chi connectivity index (χ0v) is 12.4. The lowest BCUT2D eigenvalue weighted by Gasteiger charge is -2.21. The van der Waals surface area contributed by atoms with Crippen molar-refractivity contribution in [2.75, 3.05) is 6.61 Å². The minimum atomic E-state index is -0.0131. The molecule has 1 amide bonds. The minimum absolute atomic E-state index is 0.0131. The van der Waals surface area contributed by atoms with E-state index in [1.54, 1.807) is 0 Å². The van der Waals surface area contributed by atoms with E-state index in [9.17, 15) is 4.79 Å². The molecule has 3 nitrogen and oxygen atoms in total. The van der Waals surface area contributed by atoms with Crippen LogP contribution < -0.4 is 5.32 Å². The summed E-state index contributed by atoms with van der Waals surface area (Å²) in [5.41, 5.74) is 1.10. The van der Waals surface area contributed by atoms with E-state index in [-0.39, 0.29) is 18.6 Å². The van der Waals surface area contributed by atoms with Gasteiger partial charge >= 0.3 is 0 Å². The van der Waals surface area contributed by atoms with Crippen molar-refractivity contribution in [1.82, 2.24) is 5.32 Å². The maximum Gasteiger partial charge on any atom is 0.261 e. The van der Waals surface area contributed by atoms with Crippen molar-refractivity contribution in [2.45, 2.75) is 46.1 Å². The Morgan fingerprint density at radius 3 is 2.56 bits per heavy atom.